The van der Waals surface area contributed by atoms with Crippen LogP contribution in [0.1, 0.15) is 18.1 Å². The predicted octanol–water partition coefficient (Wildman–Crippen LogP) is 2.64. The zero-order valence-electron chi connectivity index (χ0n) is 9.79. The summed E-state index contributed by atoms with van der Waals surface area (Å²) in [7, 11) is 1.87. The first-order valence-electron chi connectivity index (χ1n) is 5.38. The van der Waals surface area contributed by atoms with E-state index in [0.29, 0.717) is 18.8 Å². The van der Waals surface area contributed by atoms with Crippen LogP contribution < -0.4 is 5.32 Å². The van der Waals surface area contributed by atoms with Gasteiger partial charge in [-0.2, -0.15) is 0 Å². The van der Waals surface area contributed by atoms with Crippen LogP contribution in [0.3, 0.4) is 0 Å². The van der Waals surface area contributed by atoms with E-state index in [9.17, 15) is 4.39 Å². The summed E-state index contributed by atoms with van der Waals surface area (Å²) in [6.45, 7) is 3.50. The van der Waals surface area contributed by atoms with Gasteiger partial charge in [-0.1, -0.05) is 18.2 Å². The maximum Gasteiger partial charge on any atom is 0.128 e. The van der Waals surface area contributed by atoms with Crippen LogP contribution in [0, 0.1) is 5.82 Å². The molecule has 1 rings (SSSR count). The summed E-state index contributed by atoms with van der Waals surface area (Å²) in [6.07, 6.45) is 3.81. The fourth-order valence-electron chi connectivity index (χ4n) is 1.39. The van der Waals surface area contributed by atoms with Crippen LogP contribution in [0.4, 0.5) is 4.39 Å². The van der Waals surface area contributed by atoms with Crippen molar-refractivity contribution in [3.63, 3.8) is 0 Å². The minimum atomic E-state index is -0.208. The molecule has 1 N–H and O–H groups in total. The van der Waals surface area contributed by atoms with Gasteiger partial charge in [-0.05, 0) is 31.7 Å². The Hall–Kier alpha value is -1.19. The van der Waals surface area contributed by atoms with Crippen molar-refractivity contribution in [2.24, 2.45) is 0 Å². The van der Waals surface area contributed by atoms with E-state index in [0.717, 1.165) is 12.1 Å². The smallest absolute Gasteiger partial charge is 0.128 e. The van der Waals surface area contributed by atoms with Crippen LogP contribution in [0.2, 0.25) is 0 Å². The molecular formula is C13H18FNO. The molecule has 2 nitrogen and oxygen atoms in total. The molecule has 0 aliphatic rings. The van der Waals surface area contributed by atoms with Crippen molar-refractivity contribution in [3.05, 3.63) is 47.3 Å². The summed E-state index contributed by atoms with van der Waals surface area (Å²) in [5.74, 6) is -0.208. The van der Waals surface area contributed by atoms with Gasteiger partial charge in [-0.25, -0.2) is 4.39 Å². The highest BCUT2D eigenvalue weighted by Gasteiger charge is 2.03. The normalized spacial score (nSPS) is 11.2. The average Bonchev–Trinajstić information content (AvgIpc) is 2.29. The second-order valence-corrected chi connectivity index (χ2v) is 3.54. The number of ether oxygens (including phenoxy) is 1. The van der Waals surface area contributed by atoms with Gasteiger partial charge in [0.1, 0.15) is 5.82 Å². The topological polar surface area (TPSA) is 21.3 Å². The molecule has 0 saturated carbocycles. The molecule has 3 heteroatoms. The number of benzene rings is 1. The van der Waals surface area contributed by atoms with Crippen LogP contribution >= 0.6 is 0 Å². The molecule has 0 radical (unpaired) electrons. The van der Waals surface area contributed by atoms with E-state index in [-0.39, 0.29) is 5.82 Å². The molecule has 0 unspecified atom stereocenters. The second-order valence-electron chi connectivity index (χ2n) is 3.54. The van der Waals surface area contributed by atoms with Gasteiger partial charge in [0.25, 0.3) is 0 Å². The van der Waals surface area contributed by atoms with Crippen molar-refractivity contribution in [2.75, 3.05) is 13.7 Å². The van der Waals surface area contributed by atoms with E-state index in [1.165, 1.54) is 6.07 Å². The van der Waals surface area contributed by atoms with Crippen molar-refractivity contribution in [1.82, 2.24) is 5.32 Å². The average molecular weight is 223 g/mol. The third kappa shape index (κ3) is 4.13. The maximum absolute atomic E-state index is 13.4. The highest BCUT2D eigenvalue weighted by molar-refractivity contribution is 5.24. The van der Waals surface area contributed by atoms with Gasteiger partial charge in [-0.15, -0.1) is 0 Å². The summed E-state index contributed by atoms with van der Waals surface area (Å²) < 4.78 is 18.7. The molecular weight excluding hydrogens is 205 g/mol. The maximum atomic E-state index is 13.4. The summed E-state index contributed by atoms with van der Waals surface area (Å²) in [5, 5.41) is 3.03. The van der Waals surface area contributed by atoms with Crippen LogP contribution in [0.25, 0.3) is 0 Å². The van der Waals surface area contributed by atoms with E-state index in [2.05, 4.69) is 5.32 Å². The fourth-order valence-corrected chi connectivity index (χ4v) is 1.39. The standard InChI is InChI=1S/C13H18FNO/c1-3-4-7-16-10-12-8-11(9-15-2)5-6-13(12)14/h3-6,8,15H,7,9-10H2,1-2H3/b4-3+. The van der Waals surface area contributed by atoms with Gasteiger partial charge < -0.3 is 10.1 Å². The van der Waals surface area contributed by atoms with Crippen LogP contribution in [-0.4, -0.2) is 13.7 Å². The largest absolute Gasteiger partial charge is 0.373 e. The quantitative estimate of drug-likeness (QED) is 0.591. The molecule has 0 aromatic heterocycles. The number of hydrogen-bond acceptors (Lipinski definition) is 2. The molecule has 16 heavy (non-hydrogen) atoms. The summed E-state index contributed by atoms with van der Waals surface area (Å²) in [6, 6.07) is 5.10. The SMILES string of the molecule is C/C=C/COCc1cc(CNC)ccc1F. The molecule has 0 amide bonds. The molecule has 0 heterocycles. The molecule has 0 fully saturated rings. The lowest BCUT2D eigenvalue weighted by Crippen LogP contribution is -2.06. The Morgan fingerprint density at radius 1 is 1.44 bits per heavy atom. The molecule has 88 valence electrons. The lowest BCUT2D eigenvalue weighted by Gasteiger charge is -2.06. The molecule has 0 bridgehead atoms. The Morgan fingerprint density at radius 3 is 2.94 bits per heavy atom. The second kappa shape index (κ2) is 7.14. The third-order valence-electron chi connectivity index (χ3n) is 2.20. The number of hydrogen-bond donors (Lipinski definition) is 1. The first-order valence-corrected chi connectivity index (χ1v) is 5.38. The van der Waals surface area contributed by atoms with E-state index in [1.807, 2.05) is 32.2 Å². The first-order chi connectivity index (χ1) is 7.77. The lowest BCUT2D eigenvalue weighted by atomic mass is 10.1. The highest BCUT2D eigenvalue weighted by Crippen LogP contribution is 2.11. The summed E-state index contributed by atoms with van der Waals surface area (Å²) >= 11 is 0. The molecule has 0 aliphatic carbocycles. The van der Waals surface area contributed by atoms with E-state index < -0.39 is 0 Å². The van der Waals surface area contributed by atoms with Gasteiger partial charge in [-0.3, -0.25) is 0 Å². The Kier molecular flexibility index (Phi) is 5.75. The van der Waals surface area contributed by atoms with E-state index in [4.69, 9.17) is 4.74 Å². The van der Waals surface area contributed by atoms with Gasteiger partial charge >= 0.3 is 0 Å². The minimum absolute atomic E-state index is 0.208. The van der Waals surface area contributed by atoms with Crippen LogP contribution in [-0.2, 0) is 17.9 Å². The summed E-state index contributed by atoms with van der Waals surface area (Å²) in [4.78, 5) is 0. The molecule has 1 aromatic rings. The zero-order valence-corrected chi connectivity index (χ0v) is 9.79. The van der Waals surface area contributed by atoms with Gasteiger partial charge in [0, 0.05) is 12.1 Å². The molecule has 0 saturated heterocycles. The Labute approximate surface area is 96.1 Å². The third-order valence-corrected chi connectivity index (χ3v) is 2.20. The number of rotatable bonds is 6. The molecule has 0 atom stereocenters. The van der Waals surface area contributed by atoms with Crippen molar-refractivity contribution in [3.8, 4) is 0 Å². The fraction of sp³-hybridized carbons (Fsp3) is 0.385. The van der Waals surface area contributed by atoms with Gasteiger partial charge in [0.15, 0.2) is 0 Å². The number of halogens is 1. The van der Waals surface area contributed by atoms with Crippen molar-refractivity contribution >= 4 is 0 Å². The van der Waals surface area contributed by atoms with E-state index >= 15 is 0 Å². The van der Waals surface area contributed by atoms with Crippen LogP contribution in [0.15, 0.2) is 30.4 Å². The monoisotopic (exact) mass is 223 g/mol. The van der Waals surface area contributed by atoms with Crippen LogP contribution in [0.5, 0.6) is 0 Å². The number of allylic oxidation sites excluding steroid dienone is 1. The zero-order chi connectivity index (χ0) is 11.8. The Morgan fingerprint density at radius 2 is 2.25 bits per heavy atom. The number of nitrogens with one attached hydrogen (secondary N) is 1. The Bertz CT molecular complexity index is 350. The minimum Gasteiger partial charge on any atom is -0.373 e. The van der Waals surface area contributed by atoms with E-state index in [1.54, 1.807) is 6.07 Å². The highest BCUT2D eigenvalue weighted by atomic mass is 19.1. The van der Waals surface area contributed by atoms with Crippen molar-refractivity contribution < 1.29 is 9.13 Å². The summed E-state index contributed by atoms with van der Waals surface area (Å²) in [5.41, 5.74) is 1.67. The van der Waals surface area contributed by atoms with Crippen molar-refractivity contribution in [1.29, 1.82) is 0 Å². The molecule has 0 aliphatic heterocycles. The molecule has 1 aromatic carbocycles. The van der Waals surface area contributed by atoms with Gasteiger partial charge in [0.2, 0.25) is 0 Å². The Balaban J connectivity index is 2.59. The lowest BCUT2D eigenvalue weighted by molar-refractivity contribution is 0.145. The van der Waals surface area contributed by atoms with Crippen molar-refractivity contribution in [2.45, 2.75) is 20.1 Å². The molecule has 0 spiro atoms. The van der Waals surface area contributed by atoms with Gasteiger partial charge in [0.05, 0.1) is 13.2 Å². The predicted molar refractivity (Wildman–Crippen MR) is 63.6 cm³/mol. The first kappa shape index (κ1) is 12.9.